The number of pyridine rings is 1. The maximum Gasteiger partial charge on any atom is 0.253 e. The lowest BCUT2D eigenvalue weighted by Gasteiger charge is -2.37. The van der Waals surface area contributed by atoms with Gasteiger partial charge in [-0.15, -0.1) is 0 Å². The average Bonchev–Trinajstić information content (AvgIpc) is 2.81. The zero-order valence-electron chi connectivity index (χ0n) is 19.9. The number of anilines is 1. The van der Waals surface area contributed by atoms with Crippen LogP contribution in [0.1, 0.15) is 71.8 Å². The van der Waals surface area contributed by atoms with Crippen LogP contribution in [0.25, 0.3) is 0 Å². The van der Waals surface area contributed by atoms with Crippen LogP contribution >= 0.6 is 0 Å². The van der Waals surface area contributed by atoms with Crippen LogP contribution in [0.5, 0.6) is 0 Å². The number of H-pyrrole nitrogens is 1. The Morgan fingerprint density at radius 1 is 1.12 bits per heavy atom. The molecule has 0 radical (unpaired) electrons. The highest BCUT2D eigenvalue weighted by Gasteiger charge is 2.25. The summed E-state index contributed by atoms with van der Waals surface area (Å²) in [5.74, 6) is 0.0557. The van der Waals surface area contributed by atoms with Crippen molar-refractivity contribution in [1.82, 2.24) is 10.3 Å². The van der Waals surface area contributed by atoms with E-state index in [1.807, 2.05) is 25.1 Å². The van der Waals surface area contributed by atoms with Crippen molar-refractivity contribution in [3.63, 3.8) is 0 Å². The van der Waals surface area contributed by atoms with Crippen LogP contribution in [0.4, 0.5) is 5.69 Å². The third kappa shape index (κ3) is 5.06. The summed E-state index contributed by atoms with van der Waals surface area (Å²) < 4.78 is 5.58. The molecule has 0 saturated carbocycles. The number of rotatable bonds is 3. The van der Waals surface area contributed by atoms with Crippen molar-refractivity contribution < 1.29 is 9.53 Å². The summed E-state index contributed by atoms with van der Waals surface area (Å²) in [6.07, 6.45) is 7.90. The highest BCUT2D eigenvalue weighted by molar-refractivity contribution is 5.97. The first-order valence-corrected chi connectivity index (χ1v) is 12.1. The Kier molecular flexibility index (Phi) is 7.33. The van der Waals surface area contributed by atoms with Crippen molar-refractivity contribution in [2.75, 3.05) is 24.7 Å². The number of aromatic nitrogens is 1. The highest BCUT2D eigenvalue weighted by Crippen LogP contribution is 2.30. The largest absolute Gasteiger partial charge is 0.381 e. The minimum atomic E-state index is -0.137. The maximum atomic E-state index is 13.3. The van der Waals surface area contributed by atoms with Crippen molar-refractivity contribution in [2.24, 2.45) is 0 Å². The molecule has 2 aliphatic rings. The Labute approximate surface area is 196 Å². The molecule has 6 nitrogen and oxygen atoms in total. The second-order valence-corrected chi connectivity index (χ2v) is 9.14. The molecule has 2 aromatic rings. The first-order chi connectivity index (χ1) is 16.0. The molecule has 0 bridgehead atoms. The molecule has 33 heavy (non-hydrogen) atoms. The molecular formula is C27H35N3O3. The fraction of sp³-hybridized carbons (Fsp3) is 0.481. The number of benzene rings is 1. The molecule has 2 aliphatic heterocycles. The molecule has 1 unspecified atom stereocenters. The number of nitrogens with zero attached hydrogens (tertiary/aromatic N) is 1. The number of allylic oxidation sites excluding steroid dienone is 2. The van der Waals surface area contributed by atoms with Crippen LogP contribution in [-0.4, -0.2) is 36.7 Å². The van der Waals surface area contributed by atoms with Crippen LogP contribution in [0.15, 0.2) is 41.2 Å². The molecule has 1 atom stereocenters. The van der Waals surface area contributed by atoms with E-state index >= 15 is 0 Å². The van der Waals surface area contributed by atoms with Gasteiger partial charge in [0.25, 0.3) is 11.5 Å². The van der Waals surface area contributed by atoms with E-state index < -0.39 is 0 Å². The SMILES string of the molecule is CCN(c1cccc2c1C/C=C/CC(C)c1cc(C)[nH]c(=O)c1CNC2=O)C1CCOCC1. The summed E-state index contributed by atoms with van der Waals surface area (Å²) in [7, 11) is 0. The van der Waals surface area contributed by atoms with Gasteiger partial charge in [0.15, 0.2) is 0 Å². The van der Waals surface area contributed by atoms with Gasteiger partial charge in [-0.3, -0.25) is 9.59 Å². The van der Waals surface area contributed by atoms with Crippen molar-refractivity contribution >= 4 is 11.6 Å². The monoisotopic (exact) mass is 449 g/mol. The van der Waals surface area contributed by atoms with Gasteiger partial charge in [-0.05, 0) is 74.8 Å². The first-order valence-electron chi connectivity index (χ1n) is 12.1. The summed E-state index contributed by atoms with van der Waals surface area (Å²) in [6.45, 7) is 8.87. The summed E-state index contributed by atoms with van der Waals surface area (Å²) in [6, 6.07) is 8.45. The van der Waals surface area contributed by atoms with Gasteiger partial charge in [0, 0.05) is 54.9 Å². The predicted octanol–water partition coefficient (Wildman–Crippen LogP) is 4.22. The molecule has 1 fully saturated rings. The van der Waals surface area contributed by atoms with E-state index in [2.05, 4.69) is 47.3 Å². The Balaban J connectivity index is 1.73. The second-order valence-electron chi connectivity index (χ2n) is 9.14. The predicted molar refractivity (Wildman–Crippen MR) is 132 cm³/mol. The number of amides is 1. The van der Waals surface area contributed by atoms with Crippen molar-refractivity contribution in [3.05, 3.63) is 74.7 Å². The van der Waals surface area contributed by atoms with Crippen LogP contribution < -0.4 is 15.8 Å². The van der Waals surface area contributed by atoms with Gasteiger partial charge < -0.3 is 19.9 Å². The van der Waals surface area contributed by atoms with Crippen molar-refractivity contribution in [2.45, 2.75) is 65.0 Å². The topological polar surface area (TPSA) is 74.4 Å². The number of nitrogens with one attached hydrogen (secondary N) is 2. The number of aryl methyl sites for hydroxylation is 1. The molecule has 2 N–H and O–H groups in total. The number of ether oxygens (including phenoxy) is 1. The normalized spacial score (nSPS) is 20.6. The standard InChI is InChI=1S/C27H35N3O3/c1-4-30(20-12-14-33-15-13-20)25-11-7-10-22-21(25)9-6-5-8-18(2)23-16-19(3)29-27(32)24(23)17-28-26(22)31/h5-7,10-11,16,18,20H,4,8-9,12-15,17H2,1-3H3,(H,28,31)(H,29,32)/b6-5+. The molecule has 0 spiro atoms. The zero-order chi connectivity index (χ0) is 23.4. The smallest absolute Gasteiger partial charge is 0.253 e. The van der Waals surface area contributed by atoms with Crippen LogP contribution in [0.3, 0.4) is 0 Å². The number of hydrogen-bond acceptors (Lipinski definition) is 4. The van der Waals surface area contributed by atoms with Gasteiger partial charge in [-0.1, -0.05) is 25.1 Å². The van der Waals surface area contributed by atoms with E-state index in [-0.39, 0.29) is 23.9 Å². The maximum absolute atomic E-state index is 13.3. The molecular weight excluding hydrogens is 414 g/mol. The highest BCUT2D eigenvalue weighted by atomic mass is 16.5. The molecule has 6 heteroatoms. The van der Waals surface area contributed by atoms with Gasteiger partial charge in [-0.2, -0.15) is 0 Å². The van der Waals surface area contributed by atoms with E-state index in [1.54, 1.807) is 0 Å². The number of carbonyl (C=O) groups excluding carboxylic acids is 1. The molecule has 1 aromatic heterocycles. The quantitative estimate of drug-likeness (QED) is 0.688. The summed E-state index contributed by atoms with van der Waals surface area (Å²) in [5.41, 5.74) is 5.23. The van der Waals surface area contributed by atoms with Gasteiger partial charge in [0.05, 0.1) is 0 Å². The third-order valence-electron chi connectivity index (χ3n) is 6.92. The molecule has 0 aliphatic carbocycles. The van der Waals surface area contributed by atoms with E-state index in [1.165, 1.54) is 0 Å². The number of hydrogen-bond donors (Lipinski definition) is 2. The van der Waals surface area contributed by atoms with Crippen LogP contribution in [0.2, 0.25) is 0 Å². The van der Waals surface area contributed by atoms with Crippen molar-refractivity contribution in [3.8, 4) is 0 Å². The van der Waals surface area contributed by atoms with Gasteiger partial charge in [0.2, 0.25) is 0 Å². The van der Waals surface area contributed by atoms with E-state index in [0.717, 1.165) is 61.5 Å². The lowest BCUT2D eigenvalue weighted by Crippen LogP contribution is -2.40. The van der Waals surface area contributed by atoms with E-state index in [4.69, 9.17) is 4.74 Å². The summed E-state index contributed by atoms with van der Waals surface area (Å²) >= 11 is 0. The lowest BCUT2D eigenvalue weighted by molar-refractivity contribution is 0.0845. The molecule has 1 amide bonds. The number of aromatic amines is 1. The zero-order valence-corrected chi connectivity index (χ0v) is 19.9. The Morgan fingerprint density at radius 2 is 1.91 bits per heavy atom. The molecule has 1 saturated heterocycles. The summed E-state index contributed by atoms with van der Waals surface area (Å²) in [4.78, 5) is 31.4. The molecule has 3 heterocycles. The third-order valence-corrected chi connectivity index (χ3v) is 6.92. The first kappa shape index (κ1) is 23.3. The van der Waals surface area contributed by atoms with Crippen molar-refractivity contribution in [1.29, 1.82) is 0 Å². The van der Waals surface area contributed by atoms with Crippen LogP contribution in [0, 0.1) is 6.92 Å². The van der Waals surface area contributed by atoms with Gasteiger partial charge in [0.1, 0.15) is 0 Å². The fourth-order valence-electron chi connectivity index (χ4n) is 5.15. The van der Waals surface area contributed by atoms with Gasteiger partial charge >= 0.3 is 0 Å². The van der Waals surface area contributed by atoms with Gasteiger partial charge in [-0.25, -0.2) is 0 Å². The minimum Gasteiger partial charge on any atom is -0.381 e. The minimum absolute atomic E-state index is 0.121. The Morgan fingerprint density at radius 3 is 2.67 bits per heavy atom. The number of fused-ring (bicyclic) bond motifs is 2. The summed E-state index contributed by atoms with van der Waals surface area (Å²) in [5, 5.41) is 3.04. The van der Waals surface area contributed by atoms with Crippen LogP contribution in [-0.2, 0) is 17.7 Å². The molecule has 176 valence electrons. The van der Waals surface area contributed by atoms with E-state index in [9.17, 15) is 9.59 Å². The lowest BCUT2D eigenvalue weighted by atomic mass is 9.92. The molecule has 4 rings (SSSR count). The second kappa shape index (κ2) is 10.4. The Hall–Kier alpha value is -2.86. The average molecular weight is 450 g/mol. The fourth-order valence-corrected chi connectivity index (χ4v) is 5.15. The number of carbonyl (C=O) groups is 1. The van der Waals surface area contributed by atoms with E-state index in [0.29, 0.717) is 23.6 Å². The Bertz CT molecular complexity index is 1080. The molecule has 1 aromatic carbocycles.